The van der Waals surface area contributed by atoms with Gasteiger partial charge in [0.2, 0.25) is 0 Å². The van der Waals surface area contributed by atoms with Crippen molar-refractivity contribution in [3.05, 3.63) is 41.4 Å². The number of pyridine rings is 1. The number of allylic oxidation sites excluding steroid dienone is 1. The van der Waals surface area contributed by atoms with Crippen LogP contribution in [0.5, 0.6) is 0 Å². The summed E-state index contributed by atoms with van der Waals surface area (Å²) in [5, 5.41) is 11.1. The van der Waals surface area contributed by atoms with Crippen LogP contribution in [-0.2, 0) is 6.54 Å². The highest BCUT2D eigenvalue weighted by Crippen LogP contribution is 2.13. The van der Waals surface area contributed by atoms with E-state index in [0.717, 1.165) is 49.0 Å². The molecule has 2 heterocycles. The summed E-state index contributed by atoms with van der Waals surface area (Å²) in [5.41, 5.74) is 2.89. The van der Waals surface area contributed by atoms with Crippen molar-refractivity contribution in [3.8, 4) is 0 Å². The van der Waals surface area contributed by atoms with E-state index in [9.17, 15) is 0 Å². The van der Waals surface area contributed by atoms with E-state index in [1.807, 2.05) is 18.2 Å². The molecule has 6 nitrogen and oxygen atoms in total. The smallest absolute Gasteiger partial charge is 0.131 e. The van der Waals surface area contributed by atoms with Crippen molar-refractivity contribution in [1.29, 1.82) is 5.41 Å². The van der Waals surface area contributed by atoms with Crippen molar-refractivity contribution in [3.63, 3.8) is 0 Å². The van der Waals surface area contributed by atoms with E-state index in [2.05, 4.69) is 39.1 Å². The van der Waals surface area contributed by atoms with E-state index in [1.54, 1.807) is 13.2 Å². The first-order valence-electron chi connectivity index (χ1n) is 7.91. The largest absolute Gasteiger partial charge is 0.372 e. The quantitative estimate of drug-likeness (QED) is 0.636. The van der Waals surface area contributed by atoms with Gasteiger partial charge in [-0.15, -0.1) is 0 Å². The van der Waals surface area contributed by atoms with Crippen molar-refractivity contribution in [1.82, 2.24) is 20.1 Å². The second-order valence-corrected chi connectivity index (χ2v) is 5.68. The lowest BCUT2D eigenvalue weighted by Crippen LogP contribution is -2.44. The van der Waals surface area contributed by atoms with Gasteiger partial charge in [0, 0.05) is 51.3 Å². The van der Waals surface area contributed by atoms with E-state index in [-0.39, 0.29) is 0 Å². The molecule has 0 spiro atoms. The molecule has 0 aliphatic carbocycles. The Morgan fingerprint density at radius 1 is 1.35 bits per heavy atom. The fourth-order valence-corrected chi connectivity index (χ4v) is 2.63. The van der Waals surface area contributed by atoms with Gasteiger partial charge in [0.25, 0.3) is 0 Å². The van der Waals surface area contributed by atoms with Crippen molar-refractivity contribution in [2.75, 3.05) is 40.3 Å². The highest BCUT2D eigenvalue weighted by atomic mass is 15.3. The molecule has 0 bridgehead atoms. The van der Waals surface area contributed by atoms with E-state index in [1.165, 1.54) is 6.21 Å². The predicted octanol–water partition coefficient (Wildman–Crippen LogP) is 1.37. The maximum Gasteiger partial charge on any atom is 0.131 e. The number of piperazine rings is 1. The SMILES string of the molecule is CN=C(NCc1ccccn1)/C(C=N)=C(\C)N1CCN(C)CC1. The number of amidine groups is 1. The Labute approximate surface area is 138 Å². The van der Waals surface area contributed by atoms with Gasteiger partial charge in [0.1, 0.15) is 5.84 Å². The van der Waals surface area contributed by atoms with Crippen LogP contribution in [0.3, 0.4) is 0 Å². The number of hydrogen-bond donors (Lipinski definition) is 2. The normalized spacial score (nSPS) is 17.7. The van der Waals surface area contributed by atoms with Gasteiger partial charge in [-0.3, -0.25) is 9.98 Å². The summed E-state index contributed by atoms with van der Waals surface area (Å²) in [5.74, 6) is 0.738. The molecule has 124 valence electrons. The number of likely N-dealkylation sites (N-methyl/N-ethyl adjacent to an activating group) is 1. The second-order valence-electron chi connectivity index (χ2n) is 5.68. The van der Waals surface area contributed by atoms with Crippen LogP contribution in [0, 0.1) is 5.41 Å². The van der Waals surface area contributed by atoms with E-state index >= 15 is 0 Å². The molecule has 1 saturated heterocycles. The van der Waals surface area contributed by atoms with Crippen molar-refractivity contribution < 1.29 is 0 Å². The zero-order chi connectivity index (χ0) is 16.7. The molecule has 0 saturated carbocycles. The van der Waals surface area contributed by atoms with Gasteiger partial charge in [-0.1, -0.05) is 6.07 Å². The fourth-order valence-electron chi connectivity index (χ4n) is 2.63. The molecule has 2 rings (SSSR count). The summed E-state index contributed by atoms with van der Waals surface area (Å²) in [6, 6.07) is 5.84. The lowest BCUT2D eigenvalue weighted by molar-refractivity contribution is 0.186. The molecule has 6 heteroatoms. The van der Waals surface area contributed by atoms with Crippen LogP contribution in [0.4, 0.5) is 0 Å². The van der Waals surface area contributed by atoms with E-state index < -0.39 is 0 Å². The first-order valence-corrected chi connectivity index (χ1v) is 7.91. The summed E-state index contributed by atoms with van der Waals surface area (Å²) in [6.07, 6.45) is 3.17. The fraction of sp³-hybridized carbons (Fsp3) is 0.471. The van der Waals surface area contributed by atoms with Gasteiger partial charge in [0.15, 0.2) is 0 Å². The predicted molar refractivity (Wildman–Crippen MR) is 95.0 cm³/mol. The summed E-state index contributed by atoms with van der Waals surface area (Å²) in [4.78, 5) is 13.3. The highest BCUT2D eigenvalue weighted by Gasteiger charge is 2.18. The maximum atomic E-state index is 7.81. The third-order valence-electron chi connectivity index (χ3n) is 4.15. The molecule has 2 N–H and O–H groups in total. The van der Waals surface area contributed by atoms with Crippen LogP contribution < -0.4 is 5.32 Å². The number of nitrogens with one attached hydrogen (secondary N) is 2. The van der Waals surface area contributed by atoms with Crippen molar-refractivity contribution in [2.24, 2.45) is 4.99 Å². The number of nitrogens with zero attached hydrogens (tertiary/aromatic N) is 4. The third kappa shape index (κ3) is 4.63. The van der Waals surface area contributed by atoms with Crippen LogP contribution in [-0.4, -0.2) is 67.1 Å². The van der Waals surface area contributed by atoms with Gasteiger partial charge < -0.3 is 20.5 Å². The minimum Gasteiger partial charge on any atom is -0.372 e. The van der Waals surface area contributed by atoms with E-state index in [4.69, 9.17) is 5.41 Å². The van der Waals surface area contributed by atoms with Crippen LogP contribution >= 0.6 is 0 Å². The molecule has 1 aliphatic heterocycles. The standard InChI is InChI=1S/C17H26N6/c1-14(23-10-8-22(3)9-11-23)16(12-18)17(19-2)21-13-15-6-4-5-7-20-15/h4-7,12,18H,8-11,13H2,1-3H3,(H,19,21)/b16-14+,18-12?. The summed E-state index contributed by atoms with van der Waals surface area (Å²) >= 11 is 0. The first-order chi connectivity index (χ1) is 11.2. The van der Waals surface area contributed by atoms with Crippen LogP contribution in [0.1, 0.15) is 12.6 Å². The second kappa shape index (κ2) is 8.43. The molecule has 1 aromatic heterocycles. The summed E-state index contributed by atoms with van der Waals surface area (Å²) < 4.78 is 0. The minimum atomic E-state index is 0.598. The number of aliphatic imine (C=N–C) groups is 1. The zero-order valence-corrected chi connectivity index (χ0v) is 14.2. The third-order valence-corrected chi connectivity index (χ3v) is 4.15. The van der Waals surface area contributed by atoms with Gasteiger partial charge in [-0.25, -0.2) is 0 Å². The molecule has 0 amide bonds. The monoisotopic (exact) mass is 314 g/mol. The zero-order valence-electron chi connectivity index (χ0n) is 14.2. The highest BCUT2D eigenvalue weighted by molar-refractivity contribution is 6.14. The molecule has 1 aliphatic rings. The van der Waals surface area contributed by atoms with E-state index in [0.29, 0.717) is 6.54 Å². The Kier molecular flexibility index (Phi) is 6.29. The lowest BCUT2D eigenvalue weighted by Gasteiger charge is -2.35. The minimum absolute atomic E-state index is 0.598. The topological polar surface area (TPSA) is 67.6 Å². The lowest BCUT2D eigenvalue weighted by atomic mass is 10.1. The number of hydrogen-bond acceptors (Lipinski definition) is 5. The van der Waals surface area contributed by atoms with Gasteiger partial charge in [-0.05, 0) is 26.1 Å². The molecule has 23 heavy (non-hydrogen) atoms. The molecule has 0 unspecified atom stereocenters. The van der Waals surface area contributed by atoms with Gasteiger partial charge >= 0.3 is 0 Å². The summed E-state index contributed by atoms with van der Waals surface area (Å²) in [6.45, 7) is 6.72. The molecule has 0 aromatic carbocycles. The number of aromatic nitrogens is 1. The van der Waals surface area contributed by atoms with Gasteiger partial charge in [-0.2, -0.15) is 0 Å². The van der Waals surface area contributed by atoms with Crippen molar-refractivity contribution >= 4 is 12.1 Å². The molecular formula is C17H26N6. The Balaban J connectivity index is 2.09. The molecule has 1 fully saturated rings. The van der Waals surface area contributed by atoms with Gasteiger partial charge in [0.05, 0.1) is 17.8 Å². The van der Waals surface area contributed by atoms with Crippen LogP contribution in [0.25, 0.3) is 0 Å². The Bertz CT molecular complexity index is 570. The number of rotatable bonds is 5. The maximum absolute atomic E-state index is 7.81. The van der Waals surface area contributed by atoms with Crippen molar-refractivity contribution in [2.45, 2.75) is 13.5 Å². The Morgan fingerprint density at radius 3 is 2.65 bits per heavy atom. The molecule has 1 aromatic rings. The average Bonchev–Trinajstić information content (AvgIpc) is 2.59. The van der Waals surface area contributed by atoms with Crippen LogP contribution in [0.15, 0.2) is 40.7 Å². The van der Waals surface area contributed by atoms with Crippen LogP contribution in [0.2, 0.25) is 0 Å². The summed E-state index contributed by atoms with van der Waals surface area (Å²) in [7, 11) is 3.89. The molecule has 0 atom stereocenters. The Hall–Kier alpha value is -2.21. The molecular weight excluding hydrogens is 288 g/mol. The first kappa shape index (κ1) is 17.1. The Morgan fingerprint density at radius 2 is 2.09 bits per heavy atom. The average molecular weight is 314 g/mol. The molecule has 0 radical (unpaired) electrons.